The summed E-state index contributed by atoms with van der Waals surface area (Å²) in [5.74, 6) is 0. The summed E-state index contributed by atoms with van der Waals surface area (Å²) >= 11 is -2.24. The van der Waals surface area contributed by atoms with Crippen LogP contribution in [-0.2, 0) is 0 Å². The summed E-state index contributed by atoms with van der Waals surface area (Å²) in [7, 11) is -2.88. The number of rotatable bonds is 5. The molecule has 0 aliphatic carbocycles. The Balaban J connectivity index is 1.15. The van der Waals surface area contributed by atoms with Gasteiger partial charge in [0, 0.05) is 0 Å². The Bertz CT molecular complexity index is 3580. The minimum atomic E-state index is -2.88. The molecule has 0 amide bonds. The molecule has 0 radical (unpaired) electrons. The summed E-state index contributed by atoms with van der Waals surface area (Å²) < 4.78 is 6.39. The van der Waals surface area contributed by atoms with E-state index >= 15 is 0 Å². The van der Waals surface area contributed by atoms with Gasteiger partial charge in [0.15, 0.2) is 0 Å². The van der Waals surface area contributed by atoms with Gasteiger partial charge >= 0.3 is 348 Å². The third kappa shape index (κ3) is 5.38. The number of benzene rings is 11. The van der Waals surface area contributed by atoms with Crippen LogP contribution in [-0.4, -0.2) is 38.9 Å². The summed E-state index contributed by atoms with van der Waals surface area (Å²) in [6.45, 7) is 0. The van der Waals surface area contributed by atoms with Crippen LogP contribution >= 0.6 is 0 Å². The Kier molecular flexibility index (Phi) is 8.46. The molecule has 0 atom stereocenters. The first-order chi connectivity index (χ1) is 32.3. The fraction of sp³-hybridized carbons (Fsp3) is 0. The number of fused-ring (bicyclic) bond motifs is 11. The molecule has 11 aromatic rings. The van der Waals surface area contributed by atoms with Crippen molar-refractivity contribution in [3.05, 3.63) is 231 Å². The quantitative estimate of drug-likeness (QED) is 0.120. The average Bonchev–Trinajstić information content (AvgIpc) is 4.05. The van der Waals surface area contributed by atoms with E-state index in [4.69, 9.17) is 0 Å². The summed E-state index contributed by atoms with van der Waals surface area (Å²) in [5.41, 5.74) is 16.6. The first-order valence-corrected chi connectivity index (χ1v) is 30.9. The smallest absolute Gasteiger partial charge is 0.0623 e. The van der Waals surface area contributed by atoms with Crippen molar-refractivity contribution in [2.45, 2.75) is 0 Å². The van der Waals surface area contributed by atoms with E-state index in [9.17, 15) is 0 Å². The summed E-state index contributed by atoms with van der Waals surface area (Å²) in [5, 5.41) is 11.1. The van der Waals surface area contributed by atoms with Crippen LogP contribution in [0.15, 0.2) is 231 Å². The maximum absolute atomic E-state index is 2.88. The standard InChI is InChI=1S/C62H42Ge2Si/c1-3-18-39(19-4-1)65(40-20-5-2-6-21-40)58-37-12-9-22-43(58)48-31-15-32-51(62(48)65)59-46-27-13-25-41(44-29-16-35-56-60(44)49-23-7-10-33-54(49)63-56)52(46)38-53-42(26-14-28-47(53)59)45-30-17-36-57-61(45)50-24-8-11-34-55(50)64-57/h1-38H,63-64H2. The van der Waals surface area contributed by atoms with Gasteiger partial charge in [-0.25, -0.2) is 0 Å². The maximum atomic E-state index is 2.58. The van der Waals surface area contributed by atoms with Gasteiger partial charge in [0.2, 0.25) is 0 Å². The SMILES string of the molecule is c1ccc([Si]2(c3ccccc3)c3ccccc3-c3cccc(-c4c5cccc(-c6ccc[c]7c6-c6cccc[c]6[GeH2]7)c5cc5c(-c6ccc[c]7c6-c6cccc[c]6[GeH2]7)cccc45)c32)cc1. The summed E-state index contributed by atoms with van der Waals surface area (Å²) in [6.07, 6.45) is 0. The molecule has 3 aliphatic rings. The van der Waals surface area contributed by atoms with Crippen molar-refractivity contribution < 1.29 is 0 Å². The Labute approximate surface area is 393 Å². The molecule has 0 spiro atoms. The van der Waals surface area contributed by atoms with Crippen molar-refractivity contribution in [2.24, 2.45) is 0 Å². The van der Waals surface area contributed by atoms with Gasteiger partial charge in [-0.15, -0.1) is 0 Å². The molecule has 0 fully saturated rings. The molecule has 3 aliphatic heterocycles. The van der Waals surface area contributed by atoms with Crippen molar-refractivity contribution >= 4 is 98.8 Å². The predicted molar refractivity (Wildman–Crippen MR) is 287 cm³/mol. The average molecular weight is 960 g/mol. The van der Waals surface area contributed by atoms with Gasteiger partial charge in [0.25, 0.3) is 0 Å². The van der Waals surface area contributed by atoms with Gasteiger partial charge in [-0.2, -0.15) is 0 Å². The molecular formula is C62H42Ge2Si. The Hall–Kier alpha value is -6.76. The number of hydrogen-bond donors (Lipinski definition) is 0. The van der Waals surface area contributed by atoms with Gasteiger partial charge in [0.05, 0.1) is 0 Å². The van der Waals surface area contributed by atoms with Crippen LogP contribution in [0.3, 0.4) is 0 Å². The van der Waals surface area contributed by atoms with Crippen molar-refractivity contribution in [2.75, 3.05) is 0 Å². The van der Waals surface area contributed by atoms with E-state index in [1.54, 1.807) is 17.6 Å². The second-order valence-corrected chi connectivity index (χ2v) is 29.7. The second kappa shape index (κ2) is 14.6. The Morgan fingerprint density at radius 1 is 0.246 bits per heavy atom. The van der Waals surface area contributed by atoms with Gasteiger partial charge in [-0.1, -0.05) is 48.5 Å². The zero-order valence-corrected chi connectivity index (χ0v) is 42.8. The Morgan fingerprint density at radius 2 is 0.646 bits per heavy atom. The zero-order valence-electron chi connectivity index (χ0n) is 35.9. The van der Waals surface area contributed by atoms with E-state index in [0.29, 0.717) is 0 Å². The molecule has 0 saturated carbocycles. The van der Waals surface area contributed by atoms with Crippen molar-refractivity contribution in [1.82, 2.24) is 0 Å². The van der Waals surface area contributed by atoms with E-state index in [0.717, 1.165) is 0 Å². The topological polar surface area (TPSA) is 0 Å². The third-order valence-electron chi connectivity index (χ3n) is 15.0. The van der Waals surface area contributed by atoms with E-state index in [-0.39, 0.29) is 0 Å². The molecule has 0 nitrogen and oxygen atoms in total. The molecule has 3 heterocycles. The fourth-order valence-corrected chi connectivity index (χ4v) is 26.1. The molecule has 0 saturated heterocycles. The molecule has 11 aromatic carbocycles. The van der Waals surface area contributed by atoms with Gasteiger partial charge in [0.1, 0.15) is 0 Å². The summed E-state index contributed by atoms with van der Waals surface area (Å²) in [4.78, 5) is 0. The van der Waals surface area contributed by atoms with E-state index in [2.05, 4.69) is 231 Å². The van der Waals surface area contributed by atoms with Crippen LogP contribution in [0.4, 0.5) is 0 Å². The molecule has 302 valence electrons. The first-order valence-electron chi connectivity index (χ1n) is 23.0. The first kappa shape index (κ1) is 37.6. The molecule has 0 bridgehead atoms. The van der Waals surface area contributed by atoms with Gasteiger partial charge in [-0.05, 0) is 0 Å². The Morgan fingerprint density at radius 3 is 1.22 bits per heavy atom. The van der Waals surface area contributed by atoms with Crippen LogP contribution in [0.5, 0.6) is 0 Å². The molecule has 0 N–H and O–H groups in total. The summed E-state index contributed by atoms with van der Waals surface area (Å²) in [6, 6.07) is 89.3. The monoisotopic (exact) mass is 962 g/mol. The van der Waals surface area contributed by atoms with Crippen LogP contribution < -0.4 is 38.3 Å². The molecule has 14 rings (SSSR count). The van der Waals surface area contributed by atoms with Crippen LogP contribution in [0, 0.1) is 0 Å². The predicted octanol–water partition coefficient (Wildman–Crippen LogP) is 8.55. The van der Waals surface area contributed by atoms with Crippen LogP contribution in [0.2, 0.25) is 0 Å². The van der Waals surface area contributed by atoms with E-state index in [1.165, 1.54) is 109 Å². The van der Waals surface area contributed by atoms with Gasteiger partial charge < -0.3 is 0 Å². The molecular weight excluding hydrogens is 918 g/mol. The zero-order chi connectivity index (χ0) is 42.6. The van der Waals surface area contributed by atoms with E-state index in [1.807, 2.05) is 0 Å². The van der Waals surface area contributed by atoms with Crippen molar-refractivity contribution in [3.8, 4) is 66.8 Å². The van der Waals surface area contributed by atoms with Crippen LogP contribution in [0.25, 0.3) is 88.3 Å². The fourth-order valence-electron chi connectivity index (χ4n) is 12.5. The van der Waals surface area contributed by atoms with Crippen molar-refractivity contribution in [1.29, 1.82) is 0 Å². The third-order valence-corrected chi connectivity index (χ3v) is 28.2. The normalized spacial score (nSPS) is 14.3. The second-order valence-electron chi connectivity index (χ2n) is 18.2. The minimum Gasteiger partial charge on any atom is -0.0623 e. The van der Waals surface area contributed by atoms with Crippen molar-refractivity contribution in [3.63, 3.8) is 0 Å². The van der Waals surface area contributed by atoms with E-state index < -0.39 is 38.9 Å². The number of hydrogen-bond acceptors (Lipinski definition) is 0. The molecule has 3 heteroatoms. The molecule has 0 unspecified atom stereocenters. The van der Waals surface area contributed by atoms with Crippen LogP contribution in [0.1, 0.15) is 0 Å². The molecule has 65 heavy (non-hydrogen) atoms. The minimum absolute atomic E-state index is 1.12. The van der Waals surface area contributed by atoms with Gasteiger partial charge in [-0.3, -0.25) is 0 Å². The molecule has 0 aromatic heterocycles.